The molecule has 0 aliphatic carbocycles. The van der Waals surface area contributed by atoms with E-state index in [1.807, 2.05) is 24.3 Å². The van der Waals surface area contributed by atoms with Crippen LogP contribution in [0.4, 0.5) is 11.8 Å². The van der Waals surface area contributed by atoms with Crippen molar-refractivity contribution in [3.63, 3.8) is 0 Å². The predicted molar refractivity (Wildman–Crippen MR) is 80.8 cm³/mol. The Kier molecular flexibility index (Phi) is 3.69. The van der Waals surface area contributed by atoms with E-state index in [0.717, 1.165) is 42.9 Å². The van der Waals surface area contributed by atoms with Gasteiger partial charge in [-0.1, -0.05) is 12.1 Å². The summed E-state index contributed by atoms with van der Waals surface area (Å²) in [5.74, 6) is 1.79. The van der Waals surface area contributed by atoms with Gasteiger partial charge in [0.05, 0.1) is 12.1 Å². The van der Waals surface area contributed by atoms with E-state index in [9.17, 15) is 0 Å². The smallest absolute Gasteiger partial charge is 0.222 e. The van der Waals surface area contributed by atoms with Crippen LogP contribution in [0.2, 0.25) is 0 Å². The number of fused-ring (bicyclic) bond motifs is 1. The van der Waals surface area contributed by atoms with Crippen molar-refractivity contribution < 1.29 is 4.74 Å². The van der Waals surface area contributed by atoms with E-state index in [-0.39, 0.29) is 0 Å². The maximum Gasteiger partial charge on any atom is 0.222 e. The van der Waals surface area contributed by atoms with Crippen LogP contribution in [0, 0.1) is 5.92 Å². The Morgan fingerprint density at radius 3 is 3.00 bits per heavy atom. The molecule has 1 unspecified atom stereocenters. The van der Waals surface area contributed by atoms with Gasteiger partial charge in [0, 0.05) is 25.6 Å². The minimum absolute atomic E-state index is 0.324. The number of para-hydroxylation sites is 1. The lowest BCUT2D eigenvalue weighted by Gasteiger charge is -2.28. The van der Waals surface area contributed by atoms with Gasteiger partial charge in [-0.05, 0) is 30.9 Å². The van der Waals surface area contributed by atoms with E-state index < -0.39 is 0 Å². The molecule has 0 bridgehead atoms. The number of rotatable bonds is 3. The number of nitrogens with two attached hydrogens (primary N) is 1. The molecule has 2 N–H and O–H groups in total. The Labute approximate surface area is 118 Å². The zero-order chi connectivity index (χ0) is 13.9. The molecule has 1 aromatic carbocycles. The third-order valence-electron chi connectivity index (χ3n) is 3.75. The van der Waals surface area contributed by atoms with Gasteiger partial charge in [0.1, 0.15) is 5.82 Å². The third-order valence-corrected chi connectivity index (χ3v) is 3.75. The summed E-state index contributed by atoms with van der Waals surface area (Å²) < 4.78 is 5.55. The Hall–Kier alpha value is -1.88. The summed E-state index contributed by atoms with van der Waals surface area (Å²) >= 11 is 0. The van der Waals surface area contributed by atoms with Gasteiger partial charge in [-0.3, -0.25) is 0 Å². The normalized spacial score (nSPS) is 19.1. The van der Waals surface area contributed by atoms with Gasteiger partial charge in [-0.2, -0.15) is 4.98 Å². The lowest BCUT2D eigenvalue weighted by molar-refractivity contribution is 0.0576. The number of benzene rings is 1. The second kappa shape index (κ2) is 5.63. The molecule has 20 heavy (non-hydrogen) atoms. The number of anilines is 2. The first kappa shape index (κ1) is 13.1. The van der Waals surface area contributed by atoms with E-state index in [0.29, 0.717) is 11.9 Å². The maximum atomic E-state index is 5.82. The van der Waals surface area contributed by atoms with Crippen LogP contribution in [0.15, 0.2) is 24.3 Å². The van der Waals surface area contributed by atoms with Crippen molar-refractivity contribution in [2.75, 3.05) is 37.4 Å². The molecule has 1 aliphatic heterocycles. The van der Waals surface area contributed by atoms with Crippen LogP contribution in [-0.4, -0.2) is 36.8 Å². The molecule has 1 aromatic heterocycles. The Morgan fingerprint density at radius 1 is 1.35 bits per heavy atom. The molecule has 1 saturated heterocycles. The summed E-state index contributed by atoms with van der Waals surface area (Å²) in [6, 6.07) is 7.98. The standard InChI is InChI=1S/C15H20N4O/c1-19(9-11-5-4-8-20-10-11)14-12-6-2-3-7-13(12)17-15(16)18-14/h2-3,6-7,11H,4-5,8-10H2,1H3,(H2,16,17,18). The predicted octanol–water partition coefficient (Wildman–Crippen LogP) is 2.07. The molecule has 5 nitrogen and oxygen atoms in total. The fourth-order valence-electron chi connectivity index (χ4n) is 2.79. The molecule has 3 rings (SSSR count). The Morgan fingerprint density at radius 2 is 2.20 bits per heavy atom. The third kappa shape index (κ3) is 2.67. The largest absolute Gasteiger partial charge is 0.381 e. The summed E-state index contributed by atoms with van der Waals surface area (Å²) in [5, 5.41) is 1.04. The van der Waals surface area contributed by atoms with Crippen molar-refractivity contribution in [2.24, 2.45) is 5.92 Å². The lowest BCUT2D eigenvalue weighted by Crippen LogP contribution is -2.31. The van der Waals surface area contributed by atoms with Crippen molar-refractivity contribution >= 4 is 22.7 Å². The fourth-order valence-corrected chi connectivity index (χ4v) is 2.79. The van der Waals surface area contributed by atoms with Crippen molar-refractivity contribution in [3.8, 4) is 0 Å². The van der Waals surface area contributed by atoms with Gasteiger partial charge >= 0.3 is 0 Å². The van der Waals surface area contributed by atoms with Crippen molar-refractivity contribution in [2.45, 2.75) is 12.8 Å². The number of hydrogen-bond donors (Lipinski definition) is 1. The minimum Gasteiger partial charge on any atom is -0.381 e. The van der Waals surface area contributed by atoms with E-state index >= 15 is 0 Å². The molecule has 0 saturated carbocycles. The van der Waals surface area contributed by atoms with Crippen LogP contribution in [-0.2, 0) is 4.74 Å². The van der Waals surface area contributed by atoms with Crippen molar-refractivity contribution in [3.05, 3.63) is 24.3 Å². The highest BCUT2D eigenvalue weighted by Crippen LogP contribution is 2.25. The highest BCUT2D eigenvalue weighted by molar-refractivity contribution is 5.90. The van der Waals surface area contributed by atoms with Gasteiger partial charge in [-0.25, -0.2) is 4.98 Å². The molecule has 0 amide bonds. The average molecular weight is 272 g/mol. The summed E-state index contributed by atoms with van der Waals surface area (Å²) in [6.45, 7) is 2.66. The number of nitrogen functional groups attached to an aromatic ring is 1. The maximum absolute atomic E-state index is 5.82. The molecule has 106 valence electrons. The average Bonchev–Trinajstić information content (AvgIpc) is 2.47. The second-order valence-corrected chi connectivity index (χ2v) is 5.39. The van der Waals surface area contributed by atoms with Crippen molar-refractivity contribution in [1.29, 1.82) is 0 Å². The van der Waals surface area contributed by atoms with E-state index in [1.165, 1.54) is 6.42 Å². The number of ether oxygens (including phenoxy) is 1. The Balaban J connectivity index is 1.88. The molecule has 1 aliphatic rings. The molecule has 2 heterocycles. The molecule has 0 spiro atoms. The quantitative estimate of drug-likeness (QED) is 0.926. The van der Waals surface area contributed by atoms with Crippen LogP contribution in [0.3, 0.4) is 0 Å². The van der Waals surface area contributed by atoms with Crippen molar-refractivity contribution in [1.82, 2.24) is 9.97 Å². The molecule has 1 fully saturated rings. The molecule has 1 atom stereocenters. The van der Waals surface area contributed by atoms with Gasteiger partial charge in [0.2, 0.25) is 5.95 Å². The highest BCUT2D eigenvalue weighted by Gasteiger charge is 2.18. The van der Waals surface area contributed by atoms with Crippen LogP contribution in [0.5, 0.6) is 0 Å². The first-order chi connectivity index (χ1) is 9.74. The zero-order valence-corrected chi connectivity index (χ0v) is 11.7. The minimum atomic E-state index is 0.324. The van der Waals surface area contributed by atoms with E-state index in [1.54, 1.807) is 0 Å². The highest BCUT2D eigenvalue weighted by atomic mass is 16.5. The second-order valence-electron chi connectivity index (χ2n) is 5.39. The van der Waals surface area contributed by atoms with Crippen LogP contribution in [0.1, 0.15) is 12.8 Å². The van der Waals surface area contributed by atoms with Gasteiger partial charge in [0.15, 0.2) is 0 Å². The monoisotopic (exact) mass is 272 g/mol. The molecular weight excluding hydrogens is 252 g/mol. The summed E-state index contributed by atoms with van der Waals surface area (Å²) in [5.41, 5.74) is 6.71. The number of hydrogen-bond acceptors (Lipinski definition) is 5. The first-order valence-electron chi connectivity index (χ1n) is 7.05. The summed E-state index contributed by atoms with van der Waals surface area (Å²) in [6.07, 6.45) is 2.36. The van der Waals surface area contributed by atoms with Crippen LogP contribution >= 0.6 is 0 Å². The van der Waals surface area contributed by atoms with E-state index in [2.05, 4.69) is 21.9 Å². The SMILES string of the molecule is CN(CC1CCCOC1)c1nc(N)nc2ccccc12. The topological polar surface area (TPSA) is 64.3 Å². The first-order valence-corrected chi connectivity index (χ1v) is 7.05. The Bertz CT molecular complexity index is 595. The lowest BCUT2D eigenvalue weighted by atomic mass is 10.0. The fraction of sp³-hybridized carbons (Fsp3) is 0.467. The number of aromatic nitrogens is 2. The van der Waals surface area contributed by atoms with Gasteiger partial charge in [-0.15, -0.1) is 0 Å². The van der Waals surface area contributed by atoms with E-state index in [4.69, 9.17) is 10.5 Å². The number of nitrogens with zero attached hydrogens (tertiary/aromatic N) is 3. The molecular formula is C15H20N4O. The molecule has 0 radical (unpaired) electrons. The van der Waals surface area contributed by atoms with Crippen LogP contribution in [0.25, 0.3) is 10.9 Å². The summed E-state index contributed by atoms with van der Waals surface area (Å²) in [7, 11) is 2.06. The molecule has 5 heteroatoms. The van der Waals surface area contributed by atoms with Crippen LogP contribution < -0.4 is 10.6 Å². The van der Waals surface area contributed by atoms with Gasteiger partial charge in [0.25, 0.3) is 0 Å². The summed E-state index contributed by atoms with van der Waals surface area (Å²) in [4.78, 5) is 10.9. The van der Waals surface area contributed by atoms with Gasteiger partial charge < -0.3 is 15.4 Å². The molecule has 2 aromatic rings. The zero-order valence-electron chi connectivity index (χ0n) is 11.7.